The number of imidazole rings is 1. The number of hydrogen-bond donors (Lipinski definition) is 0. The molecule has 3 nitrogen and oxygen atoms in total. The third kappa shape index (κ3) is 1.35. The van der Waals surface area contributed by atoms with Crippen molar-refractivity contribution >= 4 is 16.7 Å². The fourth-order valence-corrected chi connectivity index (χ4v) is 2.70. The van der Waals surface area contributed by atoms with E-state index in [-0.39, 0.29) is 0 Å². The molecule has 0 unspecified atom stereocenters. The van der Waals surface area contributed by atoms with E-state index in [9.17, 15) is 0 Å². The van der Waals surface area contributed by atoms with Gasteiger partial charge in [0, 0.05) is 12.6 Å². The highest BCUT2D eigenvalue weighted by Crippen LogP contribution is 2.28. The van der Waals surface area contributed by atoms with E-state index >= 15 is 0 Å². The Balaban J connectivity index is 2.15. The molecule has 2 aromatic heterocycles. The molecule has 3 heteroatoms. The lowest BCUT2D eigenvalue weighted by Gasteiger charge is -2.00. The van der Waals surface area contributed by atoms with Gasteiger partial charge in [-0.2, -0.15) is 5.10 Å². The molecular weight excluding hydrogens is 234 g/mol. The molecule has 0 aliphatic carbocycles. The summed E-state index contributed by atoms with van der Waals surface area (Å²) in [4.78, 5) is 0. The van der Waals surface area contributed by atoms with Gasteiger partial charge in [-0.15, -0.1) is 0 Å². The Labute approximate surface area is 110 Å². The summed E-state index contributed by atoms with van der Waals surface area (Å²) < 4.78 is 4.21. The van der Waals surface area contributed by atoms with Crippen LogP contribution in [0.25, 0.3) is 27.8 Å². The van der Waals surface area contributed by atoms with Crippen molar-refractivity contribution in [2.45, 2.75) is 0 Å². The van der Waals surface area contributed by atoms with Crippen LogP contribution >= 0.6 is 0 Å². The zero-order valence-electron chi connectivity index (χ0n) is 10.6. The van der Waals surface area contributed by atoms with E-state index in [1.165, 1.54) is 16.6 Å². The predicted octanol–water partition coefficient (Wildman–Crippen LogP) is 3.49. The maximum absolute atomic E-state index is 4.54. The van der Waals surface area contributed by atoms with Crippen molar-refractivity contribution in [3.63, 3.8) is 0 Å². The zero-order chi connectivity index (χ0) is 12.8. The monoisotopic (exact) mass is 247 g/mol. The first-order chi connectivity index (χ1) is 9.36. The second-order valence-corrected chi connectivity index (χ2v) is 4.71. The minimum Gasteiger partial charge on any atom is -0.327 e. The Kier molecular flexibility index (Phi) is 2.03. The highest BCUT2D eigenvalue weighted by Gasteiger charge is 2.14. The largest absolute Gasteiger partial charge is 0.327 e. The number of rotatable bonds is 1. The first kappa shape index (κ1) is 10.4. The zero-order valence-corrected chi connectivity index (χ0v) is 10.6. The van der Waals surface area contributed by atoms with E-state index < -0.39 is 0 Å². The Morgan fingerprint density at radius 1 is 0.842 bits per heavy atom. The van der Waals surface area contributed by atoms with Gasteiger partial charge >= 0.3 is 0 Å². The van der Waals surface area contributed by atoms with Gasteiger partial charge < -0.3 is 4.57 Å². The van der Waals surface area contributed by atoms with Gasteiger partial charge in [0.15, 0.2) is 0 Å². The maximum Gasteiger partial charge on any atom is 0.144 e. The van der Waals surface area contributed by atoms with Crippen LogP contribution in [0.3, 0.4) is 0 Å². The summed E-state index contributed by atoms with van der Waals surface area (Å²) in [5, 5.41) is 4.54. The van der Waals surface area contributed by atoms with Gasteiger partial charge in [-0.3, -0.25) is 0 Å². The fraction of sp³-hybridized carbons (Fsp3) is 0.0625. The van der Waals surface area contributed by atoms with E-state index in [1.807, 2.05) is 22.8 Å². The van der Waals surface area contributed by atoms with Crippen LogP contribution in [0.15, 0.2) is 60.8 Å². The summed E-state index contributed by atoms with van der Waals surface area (Å²) in [5.74, 6) is 0. The van der Waals surface area contributed by atoms with Gasteiger partial charge in [0.1, 0.15) is 5.65 Å². The number of nitrogens with zero attached hydrogens (tertiary/aromatic N) is 3. The number of para-hydroxylation sites is 2. The third-order valence-electron chi connectivity index (χ3n) is 3.62. The van der Waals surface area contributed by atoms with E-state index in [0.717, 1.165) is 11.2 Å². The van der Waals surface area contributed by atoms with Crippen molar-refractivity contribution in [1.82, 2.24) is 14.2 Å². The Hall–Kier alpha value is -2.55. The van der Waals surface area contributed by atoms with E-state index in [4.69, 9.17) is 0 Å². The Morgan fingerprint density at radius 3 is 2.32 bits per heavy atom. The summed E-state index contributed by atoms with van der Waals surface area (Å²) in [6.45, 7) is 0. The Morgan fingerprint density at radius 2 is 1.53 bits per heavy atom. The number of benzene rings is 2. The molecule has 0 saturated carbocycles. The number of aromatic nitrogens is 3. The molecule has 19 heavy (non-hydrogen) atoms. The van der Waals surface area contributed by atoms with Crippen molar-refractivity contribution in [2.75, 3.05) is 0 Å². The molecule has 2 aromatic carbocycles. The second-order valence-electron chi connectivity index (χ2n) is 4.71. The molecule has 0 radical (unpaired) electrons. The van der Waals surface area contributed by atoms with Crippen LogP contribution in [0.4, 0.5) is 0 Å². The highest BCUT2D eigenvalue weighted by molar-refractivity contribution is 5.88. The fourth-order valence-electron chi connectivity index (χ4n) is 2.70. The van der Waals surface area contributed by atoms with E-state index in [1.54, 1.807) is 0 Å². The average Bonchev–Trinajstić information content (AvgIpc) is 3.02. The molecule has 0 bridgehead atoms. The lowest BCUT2D eigenvalue weighted by Crippen LogP contribution is -1.89. The summed E-state index contributed by atoms with van der Waals surface area (Å²) in [6, 6.07) is 18.7. The smallest absolute Gasteiger partial charge is 0.144 e. The SMILES string of the molecule is Cn1c2ccccc2n2ncc(-c3ccccc3)c12. The van der Waals surface area contributed by atoms with Crippen LogP contribution in [-0.4, -0.2) is 14.2 Å². The van der Waals surface area contributed by atoms with Gasteiger partial charge in [0.25, 0.3) is 0 Å². The van der Waals surface area contributed by atoms with Gasteiger partial charge in [0.2, 0.25) is 0 Å². The molecule has 92 valence electrons. The lowest BCUT2D eigenvalue weighted by molar-refractivity contribution is 0.950. The molecule has 0 saturated heterocycles. The number of aryl methyl sites for hydroxylation is 1. The van der Waals surface area contributed by atoms with Crippen LogP contribution < -0.4 is 0 Å². The molecular formula is C16H13N3. The molecule has 4 rings (SSSR count). The number of fused-ring (bicyclic) bond motifs is 3. The first-order valence-corrected chi connectivity index (χ1v) is 6.33. The first-order valence-electron chi connectivity index (χ1n) is 6.33. The maximum atomic E-state index is 4.54. The molecule has 0 atom stereocenters. The van der Waals surface area contributed by atoms with Crippen LogP contribution in [0.2, 0.25) is 0 Å². The molecule has 0 fully saturated rings. The number of hydrogen-bond acceptors (Lipinski definition) is 1. The van der Waals surface area contributed by atoms with Crippen LogP contribution in [0.5, 0.6) is 0 Å². The molecule has 0 amide bonds. The minimum absolute atomic E-state index is 1.13. The summed E-state index contributed by atoms with van der Waals surface area (Å²) in [5.41, 5.74) is 5.83. The summed E-state index contributed by atoms with van der Waals surface area (Å²) >= 11 is 0. The topological polar surface area (TPSA) is 22.2 Å². The van der Waals surface area contributed by atoms with Gasteiger partial charge in [-0.25, -0.2) is 4.52 Å². The van der Waals surface area contributed by atoms with Gasteiger partial charge in [-0.05, 0) is 17.7 Å². The molecule has 4 aromatic rings. The molecule has 0 N–H and O–H groups in total. The van der Waals surface area contributed by atoms with Gasteiger partial charge in [0.05, 0.1) is 17.2 Å². The average molecular weight is 247 g/mol. The van der Waals surface area contributed by atoms with Crippen LogP contribution in [0, 0.1) is 0 Å². The van der Waals surface area contributed by atoms with Gasteiger partial charge in [-0.1, -0.05) is 42.5 Å². The van der Waals surface area contributed by atoms with Crippen LogP contribution in [-0.2, 0) is 7.05 Å². The molecule has 2 heterocycles. The molecule has 0 spiro atoms. The van der Waals surface area contributed by atoms with Crippen molar-refractivity contribution in [3.8, 4) is 11.1 Å². The van der Waals surface area contributed by atoms with Crippen molar-refractivity contribution in [3.05, 3.63) is 60.8 Å². The quantitative estimate of drug-likeness (QED) is 0.504. The lowest BCUT2D eigenvalue weighted by atomic mass is 10.1. The highest BCUT2D eigenvalue weighted by atomic mass is 15.3. The summed E-state index contributed by atoms with van der Waals surface area (Å²) in [7, 11) is 2.09. The standard InChI is InChI=1S/C16H13N3/c1-18-14-9-5-6-10-15(14)19-16(18)13(11-17-19)12-7-3-2-4-8-12/h2-11H,1H3. The Bertz CT molecular complexity index is 869. The van der Waals surface area contributed by atoms with Crippen molar-refractivity contribution in [2.24, 2.45) is 7.05 Å². The van der Waals surface area contributed by atoms with Crippen molar-refractivity contribution < 1.29 is 0 Å². The van der Waals surface area contributed by atoms with E-state index in [0.29, 0.717) is 0 Å². The summed E-state index contributed by atoms with van der Waals surface area (Å²) in [6.07, 6.45) is 1.94. The minimum atomic E-state index is 1.13. The van der Waals surface area contributed by atoms with E-state index in [2.05, 4.69) is 59.2 Å². The van der Waals surface area contributed by atoms with Crippen LogP contribution in [0.1, 0.15) is 0 Å². The normalized spacial score (nSPS) is 11.4. The second kappa shape index (κ2) is 3.72. The molecule has 0 aliphatic heterocycles. The third-order valence-corrected chi connectivity index (χ3v) is 3.62. The van der Waals surface area contributed by atoms with Crippen molar-refractivity contribution in [1.29, 1.82) is 0 Å². The molecule has 0 aliphatic rings. The predicted molar refractivity (Wildman–Crippen MR) is 77.1 cm³/mol.